The highest BCUT2D eigenvalue weighted by Crippen LogP contribution is 2.34. The fourth-order valence-electron chi connectivity index (χ4n) is 2.49. The molecule has 0 aliphatic heterocycles. The van der Waals surface area contributed by atoms with Gasteiger partial charge in [-0.3, -0.25) is 0 Å². The van der Waals surface area contributed by atoms with Crippen LogP contribution < -0.4 is 0 Å². The van der Waals surface area contributed by atoms with Crippen molar-refractivity contribution in [2.24, 2.45) is 0 Å². The average molecular weight is 246 g/mol. The molecule has 18 heavy (non-hydrogen) atoms. The van der Waals surface area contributed by atoms with E-state index in [1.165, 1.54) is 6.07 Å². The van der Waals surface area contributed by atoms with E-state index in [1.54, 1.807) is 0 Å². The zero-order valence-electron chi connectivity index (χ0n) is 10.2. The molecule has 3 aromatic rings. The minimum atomic E-state index is -0.878. The molecule has 1 aromatic heterocycles. The molecule has 0 spiro atoms. The van der Waals surface area contributed by atoms with Crippen molar-refractivity contribution < 1.29 is 13.2 Å². The number of hydrogen-bond donors (Lipinski definition) is 0. The van der Waals surface area contributed by atoms with Crippen molar-refractivity contribution in [2.45, 2.75) is 20.3 Å². The molecule has 0 N–H and O–H groups in total. The fraction of sp³-hybridized carbons (Fsp3) is 0.200. The predicted molar refractivity (Wildman–Crippen MR) is 67.8 cm³/mol. The van der Waals surface area contributed by atoms with Crippen LogP contribution in [0, 0.1) is 18.6 Å². The van der Waals surface area contributed by atoms with Crippen LogP contribution in [-0.4, -0.2) is 0 Å². The van der Waals surface area contributed by atoms with E-state index >= 15 is 0 Å². The summed E-state index contributed by atoms with van der Waals surface area (Å²) < 4.78 is 32.2. The summed E-state index contributed by atoms with van der Waals surface area (Å²) in [7, 11) is 0. The van der Waals surface area contributed by atoms with E-state index in [-0.39, 0.29) is 0 Å². The van der Waals surface area contributed by atoms with Gasteiger partial charge in [0, 0.05) is 16.8 Å². The molecule has 0 fully saturated rings. The first-order valence-corrected chi connectivity index (χ1v) is 5.91. The molecule has 0 bridgehead atoms. The molecule has 3 heteroatoms. The molecule has 2 aromatic carbocycles. The Morgan fingerprint density at radius 3 is 2.50 bits per heavy atom. The monoisotopic (exact) mass is 246 g/mol. The van der Waals surface area contributed by atoms with Crippen LogP contribution in [0.3, 0.4) is 0 Å². The number of fused-ring (bicyclic) bond motifs is 3. The minimum absolute atomic E-state index is 0.393. The molecule has 0 atom stereocenters. The second kappa shape index (κ2) is 3.80. The van der Waals surface area contributed by atoms with Crippen molar-refractivity contribution in [1.82, 2.24) is 0 Å². The number of benzene rings is 2. The molecule has 0 aliphatic rings. The summed E-state index contributed by atoms with van der Waals surface area (Å²) in [6.07, 6.45) is 0.830. The Morgan fingerprint density at radius 1 is 1.06 bits per heavy atom. The van der Waals surface area contributed by atoms with Crippen LogP contribution in [-0.2, 0) is 6.42 Å². The van der Waals surface area contributed by atoms with Gasteiger partial charge in [0.15, 0.2) is 11.6 Å². The van der Waals surface area contributed by atoms with Gasteiger partial charge in [-0.2, -0.15) is 0 Å². The maximum Gasteiger partial charge on any atom is 0.162 e. The molecular weight excluding hydrogens is 234 g/mol. The largest absolute Gasteiger partial charge is 0.456 e. The van der Waals surface area contributed by atoms with Gasteiger partial charge in [0.1, 0.15) is 11.2 Å². The lowest BCUT2D eigenvalue weighted by Crippen LogP contribution is -1.88. The van der Waals surface area contributed by atoms with Crippen molar-refractivity contribution in [3.8, 4) is 0 Å². The van der Waals surface area contributed by atoms with Crippen LogP contribution in [0.1, 0.15) is 18.1 Å². The summed E-state index contributed by atoms with van der Waals surface area (Å²) in [6.45, 7) is 4.05. The molecule has 1 heterocycles. The quantitative estimate of drug-likeness (QED) is 0.604. The van der Waals surface area contributed by atoms with Crippen LogP contribution in [0.2, 0.25) is 0 Å². The lowest BCUT2D eigenvalue weighted by Gasteiger charge is -2.04. The van der Waals surface area contributed by atoms with E-state index in [2.05, 4.69) is 0 Å². The summed E-state index contributed by atoms with van der Waals surface area (Å²) in [5.41, 5.74) is 3.33. The third-order valence-electron chi connectivity index (χ3n) is 3.37. The van der Waals surface area contributed by atoms with E-state index in [1.807, 2.05) is 26.0 Å². The van der Waals surface area contributed by atoms with Gasteiger partial charge in [-0.05, 0) is 36.6 Å². The normalized spacial score (nSPS) is 11.6. The van der Waals surface area contributed by atoms with E-state index in [4.69, 9.17) is 4.42 Å². The highest BCUT2D eigenvalue weighted by molar-refractivity contribution is 6.07. The van der Waals surface area contributed by atoms with Crippen LogP contribution in [0.5, 0.6) is 0 Å². The van der Waals surface area contributed by atoms with E-state index in [0.717, 1.165) is 29.0 Å². The smallest absolute Gasteiger partial charge is 0.162 e. The van der Waals surface area contributed by atoms with Gasteiger partial charge in [-0.25, -0.2) is 8.78 Å². The van der Waals surface area contributed by atoms with Gasteiger partial charge in [-0.1, -0.05) is 13.0 Å². The summed E-state index contributed by atoms with van der Waals surface area (Å²) in [5.74, 6) is -1.72. The molecule has 0 radical (unpaired) electrons. The standard InChI is InChI=1S/C15H12F2O/c1-3-9-8(2)4-5-13-15(9)10-6-11(16)12(17)7-14(10)18-13/h4-7H,3H2,1-2H3. The van der Waals surface area contributed by atoms with Crippen molar-refractivity contribution >= 4 is 21.9 Å². The number of hydrogen-bond acceptors (Lipinski definition) is 1. The van der Waals surface area contributed by atoms with Gasteiger partial charge < -0.3 is 4.42 Å². The third-order valence-corrected chi connectivity index (χ3v) is 3.37. The Balaban J connectivity index is 2.54. The molecule has 0 unspecified atom stereocenters. The summed E-state index contributed by atoms with van der Waals surface area (Å²) in [4.78, 5) is 0. The van der Waals surface area contributed by atoms with Crippen LogP contribution >= 0.6 is 0 Å². The lowest BCUT2D eigenvalue weighted by molar-refractivity contribution is 0.508. The van der Waals surface area contributed by atoms with Crippen molar-refractivity contribution in [1.29, 1.82) is 0 Å². The van der Waals surface area contributed by atoms with Gasteiger partial charge in [0.05, 0.1) is 0 Å². The van der Waals surface area contributed by atoms with Crippen LogP contribution in [0.15, 0.2) is 28.7 Å². The molecule has 0 amide bonds. The Morgan fingerprint density at radius 2 is 1.78 bits per heavy atom. The number of furan rings is 1. The number of halogens is 2. The zero-order chi connectivity index (χ0) is 12.9. The molecule has 3 rings (SSSR count). The number of aryl methyl sites for hydroxylation is 2. The molecule has 1 nitrogen and oxygen atoms in total. The fourth-order valence-corrected chi connectivity index (χ4v) is 2.49. The van der Waals surface area contributed by atoms with E-state index in [0.29, 0.717) is 16.6 Å². The average Bonchev–Trinajstić information content (AvgIpc) is 2.68. The second-order valence-electron chi connectivity index (χ2n) is 4.45. The van der Waals surface area contributed by atoms with Gasteiger partial charge >= 0.3 is 0 Å². The maximum atomic E-state index is 13.4. The SMILES string of the molecule is CCc1c(C)ccc2oc3cc(F)c(F)cc3c12. The Hall–Kier alpha value is -1.90. The summed E-state index contributed by atoms with van der Waals surface area (Å²) in [5, 5.41) is 1.54. The topological polar surface area (TPSA) is 13.1 Å². The lowest BCUT2D eigenvalue weighted by atomic mass is 9.99. The highest BCUT2D eigenvalue weighted by atomic mass is 19.2. The molecule has 92 valence electrons. The van der Waals surface area contributed by atoms with E-state index in [9.17, 15) is 8.78 Å². The second-order valence-corrected chi connectivity index (χ2v) is 4.45. The van der Waals surface area contributed by atoms with Crippen molar-refractivity contribution in [2.75, 3.05) is 0 Å². The molecular formula is C15H12F2O. The summed E-state index contributed by atoms with van der Waals surface area (Å²) >= 11 is 0. The van der Waals surface area contributed by atoms with E-state index < -0.39 is 11.6 Å². The van der Waals surface area contributed by atoms with Gasteiger partial charge in [-0.15, -0.1) is 0 Å². The zero-order valence-corrected chi connectivity index (χ0v) is 10.2. The number of rotatable bonds is 1. The summed E-state index contributed by atoms with van der Waals surface area (Å²) in [6, 6.07) is 6.14. The highest BCUT2D eigenvalue weighted by Gasteiger charge is 2.15. The van der Waals surface area contributed by atoms with Crippen LogP contribution in [0.25, 0.3) is 21.9 Å². The van der Waals surface area contributed by atoms with Crippen LogP contribution in [0.4, 0.5) is 8.78 Å². The Kier molecular flexibility index (Phi) is 2.37. The first kappa shape index (κ1) is 11.2. The third kappa shape index (κ3) is 1.43. The van der Waals surface area contributed by atoms with Crippen molar-refractivity contribution in [3.05, 3.63) is 47.0 Å². The first-order chi connectivity index (χ1) is 8.61. The molecule has 0 aliphatic carbocycles. The molecule has 0 saturated carbocycles. The molecule has 0 saturated heterocycles. The van der Waals surface area contributed by atoms with Gasteiger partial charge in [0.25, 0.3) is 0 Å². The Bertz CT molecular complexity index is 756. The maximum absolute atomic E-state index is 13.4. The minimum Gasteiger partial charge on any atom is -0.456 e. The van der Waals surface area contributed by atoms with Gasteiger partial charge in [0.2, 0.25) is 0 Å². The Labute approximate surface area is 103 Å². The first-order valence-electron chi connectivity index (χ1n) is 5.91. The predicted octanol–water partition coefficient (Wildman–Crippen LogP) is 4.74. The van der Waals surface area contributed by atoms with Crippen molar-refractivity contribution in [3.63, 3.8) is 0 Å².